The molecule has 0 spiro atoms. The first-order valence-electron chi connectivity index (χ1n) is 9.53. The quantitative estimate of drug-likeness (QED) is 0.518. The minimum Gasteiger partial charge on any atom is -0.497 e. The largest absolute Gasteiger partial charge is 0.497 e. The average Bonchev–Trinajstić information content (AvgIpc) is 2.70. The van der Waals surface area contributed by atoms with Gasteiger partial charge in [-0.2, -0.15) is 0 Å². The van der Waals surface area contributed by atoms with E-state index >= 15 is 0 Å². The number of anilines is 2. The molecule has 0 fully saturated rings. The van der Waals surface area contributed by atoms with Crippen LogP contribution < -0.4 is 20.7 Å². The summed E-state index contributed by atoms with van der Waals surface area (Å²) in [6, 6.07) is 10.8. The molecule has 3 N–H and O–H groups in total. The van der Waals surface area contributed by atoms with E-state index in [4.69, 9.17) is 27.9 Å². The SMILES string of the molecule is CCCN(CC(=O)NC(=O)Nc1ccc(OC)cc1)CC(=O)Nc1ccc(Cl)cc1Cl. The summed E-state index contributed by atoms with van der Waals surface area (Å²) in [6.45, 7) is 2.26. The molecular formula is C21H24Cl2N4O4. The Morgan fingerprint density at radius 2 is 1.65 bits per heavy atom. The fourth-order valence-corrected chi connectivity index (χ4v) is 3.18. The smallest absolute Gasteiger partial charge is 0.325 e. The van der Waals surface area contributed by atoms with Crippen molar-refractivity contribution < 1.29 is 19.1 Å². The lowest BCUT2D eigenvalue weighted by Crippen LogP contribution is -2.44. The number of carbonyl (C=O) groups is 3. The summed E-state index contributed by atoms with van der Waals surface area (Å²) in [5, 5.41) is 8.28. The molecule has 0 saturated heterocycles. The zero-order valence-corrected chi connectivity index (χ0v) is 18.7. The predicted octanol–water partition coefficient (Wildman–Crippen LogP) is 4.00. The van der Waals surface area contributed by atoms with Gasteiger partial charge in [0.25, 0.3) is 0 Å². The maximum absolute atomic E-state index is 12.4. The number of hydrogen-bond acceptors (Lipinski definition) is 5. The monoisotopic (exact) mass is 466 g/mol. The summed E-state index contributed by atoms with van der Waals surface area (Å²) in [5.74, 6) is -0.222. The molecule has 2 rings (SSSR count). The van der Waals surface area contributed by atoms with E-state index in [1.165, 1.54) is 6.07 Å². The number of benzene rings is 2. The van der Waals surface area contributed by atoms with Crippen molar-refractivity contribution in [3.05, 3.63) is 52.5 Å². The number of urea groups is 1. The van der Waals surface area contributed by atoms with E-state index in [-0.39, 0.29) is 19.0 Å². The van der Waals surface area contributed by atoms with Gasteiger partial charge in [-0.15, -0.1) is 0 Å². The number of imide groups is 1. The van der Waals surface area contributed by atoms with Gasteiger partial charge in [0.1, 0.15) is 5.75 Å². The van der Waals surface area contributed by atoms with Crippen molar-refractivity contribution in [1.82, 2.24) is 10.2 Å². The number of nitrogens with one attached hydrogen (secondary N) is 3. The van der Waals surface area contributed by atoms with Crippen LogP contribution in [-0.4, -0.2) is 49.5 Å². The highest BCUT2D eigenvalue weighted by molar-refractivity contribution is 6.36. The molecule has 31 heavy (non-hydrogen) atoms. The molecule has 0 aromatic heterocycles. The van der Waals surface area contributed by atoms with Crippen LogP contribution in [0.5, 0.6) is 5.75 Å². The molecule has 0 aliphatic carbocycles. The van der Waals surface area contributed by atoms with Gasteiger partial charge in [-0.3, -0.25) is 19.8 Å². The van der Waals surface area contributed by atoms with Crippen molar-refractivity contribution in [2.45, 2.75) is 13.3 Å². The lowest BCUT2D eigenvalue weighted by Gasteiger charge is -2.20. The van der Waals surface area contributed by atoms with Crippen LogP contribution in [0.2, 0.25) is 10.0 Å². The maximum Gasteiger partial charge on any atom is 0.325 e. The predicted molar refractivity (Wildman–Crippen MR) is 122 cm³/mol. The molecular weight excluding hydrogens is 443 g/mol. The maximum atomic E-state index is 12.4. The first-order valence-corrected chi connectivity index (χ1v) is 10.3. The summed E-state index contributed by atoms with van der Waals surface area (Å²) in [4.78, 5) is 38.3. The highest BCUT2D eigenvalue weighted by atomic mass is 35.5. The fourth-order valence-electron chi connectivity index (χ4n) is 2.72. The van der Waals surface area contributed by atoms with E-state index in [0.717, 1.165) is 6.42 Å². The number of carbonyl (C=O) groups excluding carboxylic acids is 3. The van der Waals surface area contributed by atoms with E-state index in [1.807, 2.05) is 6.92 Å². The van der Waals surface area contributed by atoms with Crippen molar-refractivity contribution in [3.8, 4) is 5.75 Å². The van der Waals surface area contributed by atoms with Crippen molar-refractivity contribution in [1.29, 1.82) is 0 Å². The van der Waals surface area contributed by atoms with Gasteiger partial charge >= 0.3 is 6.03 Å². The van der Waals surface area contributed by atoms with Crippen LogP contribution in [0.4, 0.5) is 16.2 Å². The molecule has 0 unspecified atom stereocenters. The number of hydrogen-bond donors (Lipinski definition) is 3. The van der Waals surface area contributed by atoms with E-state index in [0.29, 0.717) is 33.7 Å². The molecule has 4 amide bonds. The van der Waals surface area contributed by atoms with Crippen LogP contribution >= 0.6 is 23.2 Å². The summed E-state index contributed by atoms with van der Waals surface area (Å²) in [7, 11) is 1.54. The summed E-state index contributed by atoms with van der Waals surface area (Å²) < 4.78 is 5.05. The van der Waals surface area contributed by atoms with Gasteiger partial charge in [0.15, 0.2) is 0 Å². The van der Waals surface area contributed by atoms with Gasteiger partial charge in [0, 0.05) is 10.7 Å². The van der Waals surface area contributed by atoms with Crippen LogP contribution in [0.15, 0.2) is 42.5 Å². The molecule has 2 aromatic rings. The summed E-state index contributed by atoms with van der Waals surface area (Å²) in [5.41, 5.74) is 0.937. The minimum absolute atomic E-state index is 0.0414. The number of methoxy groups -OCH3 is 1. The standard InChI is InChI=1S/C21H24Cl2N4O4/c1-3-10-27(12-19(28)25-18-9-4-14(22)11-17(18)23)13-20(29)26-21(30)24-15-5-7-16(31-2)8-6-15/h4-9,11H,3,10,12-13H2,1-2H3,(H,25,28)(H2,24,26,29,30). The highest BCUT2D eigenvalue weighted by Crippen LogP contribution is 2.25. The Labute approximate surface area is 190 Å². The number of ether oxygens (including phenoxy) is 1. The van der Waals surface area contributed by atoms with Crippen molar-refractivity contribution in [3.63, 3.8) is 0 Å². The van der Waals surface area contributed by atoms with Gasteiger partial charge in [-0.25, -0.2) is 4.79 Å². The number of nitrogens with zero attached hydrogens (tertiary/aromatic N) is 1. The molecule has 0 aliphatic heterocycles. The third kappa shape index (κ3) is 8.45. The first-order chi connectivity index (χ1) is 14.8. The minimum atomic E-state index is -0.663. The van der Waals surface area contributed by atoms with E-state index in [1.54, 1.807) is 48.4 Å². The van der Waals surface area contributed by atoms with Crippen LogP contribution in [0.3, 0.4) is 0 Å². The molecule has 8 nitrogen and oxygen atoms in total. The Morgan fingerprint density at radius 3 is 2.26 bits per heavy atom. The third-order valence-electron chi connectivity index (χ3n) is 4.08. The highest BCUT2D eigenvalue weighted by Gasteiger charge is 2.17. The number of halogens is 2. The molecule has 0 aliphatic rings. The zero-order chi connectivity index (χ0) is 22.8. The van der Waals surface area contributed by atoms with E-state index < -0.39 is 11.9 Å². The molecule has 0 radical (unpaired) electrons. The van der Waals surface area contributed by atoms with Crippen LogP contribution in [0, 0.1) is 0 Å². The summed E-state index contributed by atoms with van der Waals surface area (Å²) >= 11 is 11.9. The van der Waals surface area contributed by atoms with Gasteiger partial charge in [-0.1, -0.05) is 30.1 Å². The Bertz CT molecular complexity index is 922. The normalized spacial score (nSPS) is 10.5. The first kappa shape index (κ1) is 24.5. The summed E-state index contributed by atoms with van der Waals surface area (Å²) in [6.07, 6.45) is 0.723. The molecule has 0 heterocycles. The van der Waals surface area contributed by atoms with E-state index in [2.05, 4.69) is 16.0 Å². The van der Waals surface area contributed by atoms with E-state index in [9.17, 15) is 14.4 Å². The van der Waals surface area contributed by atoms with Crippen molar-refractivity contribution in [2.75, 3.05) is 37.4 Å². The fraction of sp³-hybridized carbons (Fsp3) is 0.286. The molecule has 166 valence electrons. The zero-order valence-electron chi connectivity index (χ0n) is 17.2. The molecule has 10 heteroatoms. The molecule has 0 atom stereocenters. The Hall–Kier alpha value is -2.81. The lowest BCUT2D eigenvalue weighted by atomic mass is 10.3. The third-order valence-corrected chi connectivity index (χ3v) is 4.63. The number of rotatable bonds is 9. The second kappa shape index (κ2) is 12.1. The number of amides is 4. The Kier molecular flexibility index (Phi) is 9.58. The van der Waals surface area contributed by atoms with Gasteiger partial charge < -0.3 is 15.4 Å². The van der Waals surface area contributed by atoms with Crippen LogP contribution in [0.1, 0.15) is 13.3 Å². The Morgan fingerprint density at radius 1 is 0.968 bits per heavy atom. The average molecular weight is 467 g/mol. The van der Waals surface area contributed by atoms with Gasteiger partial charge in [-0.05, 0) is 55.4 Å². The molecule has 0 bridgehead atoms. The second-order valence-electron chi connectivity index (χ2n) is 6.61. The van der Waals surface area contributed by atoms with Crippen molar-refractivity contribution >= 4 is 52.4 Å². The van der Waals surface area contributed by atoms with Crippen LogP contribution in [-0.2, 0) is 9.59 Å². The lowest BCUT2D eigenvalue weighted by molar-refractivity contribution is -0.122. The second-order valence-corrected chi connectivity index (χ2v) is 7.46. The van der Waals surface area contributed by atoms with Crippen LogP contribution in [0.25, 0.3) is 0 Å². The molecule has 0 saturated carbocycles. The topological polar surface area (TPSA) is 99.8 Å². The molecule has 2 aromatic carbocycles. The van der Waals surface area contributed by atoms with Gasteiger partial charge in [0.05, 0.1) is 30.9 Å². The van der Waals surface area contributed by atoms with Gasteiger partial charge in [0.2, 0.25) is 11.8 Å². The van der Waals surface area contributed by atoms with Crippen molar-refractivity contribution in [2.24, 2.45) is 0 Å². The Balaban J connectivity index is 1.86.